The first-order chi connectivity index (χ1) is 14.0. The van der Waals surface area contributed by atoms with Crippen LogP contribution in [0.4, 0.5) is 0 Å². The molecule has 0 bridgehead atoms. The third kappa shape index (κ3) is 4.95. The minimum atomic E-state index is -0.408. The topological polar surface area (TPSA) is 76.0 Å². The second-order valence-electron chi connectivity index (χ2n) is 6.92. The van der Waals surface area contributed by atoms with Crippen molar-refractivity contribution >= 4 is 34.4 Å². The van der Waals surface area contributed by atoms with E-state index in [1.165, 1.54) is 0 Å². The average Bonchev–Trinajstić information content (AvgIpc) is 3.07. The van der Waals surface area contributed by atoms with Crippen molar-refractivity contribution in [2.24, 2.45) is 0 Å². The molecule has 3 rings (SSSR count). The number of carbonyl (C=O) groups excluding carboxylic acids is 2. The second-order valence-corrected chi connectivity index (χ2v) is 7.33. The van der Waals surface area contributed by atoms with Crippen molar-refractivity contribution in [2.45, 2.75) is 39.3 Å². The fourth-order valence-corrected chi connectivity index (χ4v) is 3.40. The molecule has 29 heavy (non-hydrogen) atoms. The van der Waals surface area contributed by atoms with E-state index < -0.39 is 6.04 Å². The molecule has 0 spiro atoms. The first-order valence-corrected chi connectivity index (χ1v) is 10.2. The van der Waals surface area contributed by atoms with Gasteiger partial charge in [0.05, 0.1) is 27.7 Å². The Morgan fingerprint density at radius 1 is 1.14 bits per heavy atom. The Balaban J connectivity index is 1.85. The van der Waals surface area contributed by atoms with Crippen molar-refractivity contribution in [1.29, 1.82) is 0 Å². The van der Waals surface area contributed by atoms with E-state index in [9.17, 15) is 9.59 Å². The Kier molecular flexibility index (Phi) is 6.88. The van der Waals surface area contributed by atoms with Crippen molar-refractivity contribution in [2.75, 3.05) is 6.54 Å². The Hall–Kier alpha value is -2.86. The maximum atomic E-state index is 12.7. The van der Waals surface area contributed by atoms with Crippen molar-refractivity contribution in [3.63, 3.8) is 0 Å². The Bertz CT molecular complexity index is 1010. The number of nitrogens with zero attached hydrogens (tertiary/aromatic N) is 2. The van der Waals surface area contributed by atoms with Crippen molar-refractivity contribution in [1.82, 2.24) is 20.2 Å². The Labute approximate surface area is 175 Å². The smallest absolute Gasteiger partial charge is 0.253 e. The van der Waals surface area contributed by atoms with Crippen LogP contribution in [0.3, 0.4) is 0 Å². The molecule has 152 valence electrons. The Morgan fingerprint density at radius 2 is 1.86 bits per heavy atom. The maximum absolute atomic E-state index is 12.7. The summed E-state index contributed by atoms with van der Waals surface area (Å²) in [6.45, 7) is 4.72. The van der Waals surface area contributed by atoms with Gasteiger partial charge in [0, 0.05) is 6.54 Å². The quantitative estimate of drug-likeness (QED) is 0.547. The van der Waals surface area contributed by atoms with E-state index in [0.29, 0.717) is 23.0 Å². The summed E-state index contributed by atoms with van der Waals surface area (Å²) >= 11 is 6.14. The average molecular weight is 413 g/mol. The first-order valence-electron chi connectivity index (χ1n) is 9.78. The van der Waals surface area contributed by atoms with Gasteiger partial charge in [0.1, 0.15) is 12.4 Å². The summed E-state index contributed by atoms with van der Waals surface area (Å²) in [6.07, 6.45) is 1.96. The molecule has 1 atom stereocenters. The van der Waals surface area contributed by atoms with Crippen LogP contribution in [-0.2, 0) is 11.3 Å². The number of benzene rings is 2. The predicted molar refractivity (Wildman–Crippen MR) is 115 cm³/mol. The Morgan fingerprint density at radius 3 is 2.62 bits per heavy atom. The van der Waals surface area contributed by atoms with Gasteiger partial charge in [-0.05, 0) is 37.6 Å². The summed E-state index contributed by atoms with van der Waals surface area (Å²) in [4.78, 5) is 29.8. The standard InChI is InChI=1S/C22H25ClN4O2/c1-3-4-13-24-20(28)14-27-19-12-8-7-11-18(19)26-21(27)15(2)25-22(29)16-9-5-6-10-17(16)23/h5-12,15H,3-4,13-14H2,1-2H3,(H,24,28)(H,25,29). The molecule has 3 aromatic rings. The largest absolute Gasteiger partial charge is 0.355 e. The number of nitrogens with one attached hydrogen (secondary N) is 2. The number of imidazole rings is 1. The highest BCUT2D eigenvalue weighted by Crippen LogP contribution is 2.22. The van der Waals surface area contributed by atoms with Crippen molar-refractivity contribution in [3.05, 3.63) is 64.9 Å². The van der Waals surface area contributed by atoms with E-state index in [-0.39, 0.29) is 18.4 Å². The molecule has 0 saturated carbocycles. The van der Waals surface area contributed by atoms with Crippen LogP contribution in [0, 0.1) is 0 Å². The number of aromatic nitrogens is 2. The molecule has 0 aliphatic carbocycles. The molecular weight excluding hydrogens is 388 g/mol. The number of halogens is 1. The summed E-state index contributed by atoms with van der Waals surface area (Å²) in [5.41, 5.74) is 2.04. The van der Waals surface area contributed by atoms with Crippen LogP contribution in [0.25, 0.3) is 11.0 Å². The lowest BCUT2D eigenvalue weighted by Gasteiger charge is -2.17. The molecule has 0 radical (unpaired) electrons. The van der Waals surface area contributed by atoms with Gasteiger partial charge in [0.15, 0.2) is 0 Å². The monoisotopic (exact) mass is 412 g/mol. The van der Waals surface area contributed by atoms with Crippen LogP contribution in [-0.4, -0.2) is 27.9 Å². The van der Waals surface area contributed by atoms with Crippen LogP contribution in [0.1, 0.15) is 48.9 Å². The molecule has 0 aliphatic heterocycles. The summed E-state index contributed by atoms with van der Waals surface area (Å²) < 4.78 is 1.86. The minimum absolute atomic E-state index is 0.0764. The van der Waals surface area contributed by atoms with E-state index in [2.05, 4.69) is 22.5 Å². The van der Waals surface area contributed by atoms with Gasteiger partial charge in [-0.2, -0.15) is 0 Å². The molecule has 2 N–H and O–H groups in total. The van der Waals surface area contributed by atoms with E-state index >= 15 is 0 Å². The van der Waals surface area contributed by atoms with Crippen molar-refractivity contribution < 1.29 is 9.59 Å². The zero-order valence-corrected chi connectivity index (χ0v) is 17.4. The number of carbonyl (C=O) groups is 2. The second kappa shape index (κ2) is 9.56. The highest BCUT2D eigenvalue weighted by molar-refractivity contribution is 6.33. The van der Waals surface area contributed by atoms with Crippen LogP contribution in [0.15, 0.2) is 48.5 Å². The lowest BCUT2D eigenvalue weighted by molar-refractivity contribution is -0.121. The minimum Gasteiger partial charge on any atom is -0.355 e. The molecular formula is C22H25ClN4O2. The van der Waals surface area contributed by atoms with E-state index in [1.54, 1.807) is 24.3 Å². The summed E-state index contributed by atoms with van der Waals surface area (Å²) in [5, 5.41) is 6.27. The molecule has 0 fully saturated rings. The molecule has 1 aromatic heterocycles. The summed E-state index contributed by atoms with van der Waals surface area (Å²) in [5.74, 6) is 0.263. The molecule has 7 heteroatoms. The van der Waals surface area contributed by atoms with E-state index in [4.69, 9.17) is 11.6 Å². The molecule has 1 unspecified atom stereocenters. The fraction of sp³-hybridized carbons (Fsp3) is 0.318. The molecule has 0 saturated heterocycles. The molecule has 1 heterocycles. The lowest BCUT2D eigenvalue weighted by atomic mass is 10.2. The molecule has 2 aromatic carbocycles. The van der Waals surface area contributed by atoms with Crippen LogP contribution < -0.4 is 10.6 Å². The van der Waals surface area contributed by atoms with E-state index in [0.717, 1.165) is 23.9 Å². The SMILES string of the molecule is CCCCNC(=O)Cn1c(C(C)NC(=O)c2ccccc2Cl)nc2ccccc21. The number of para-hydroxylation sites is 2. The summed E-state index contributed by atoms with van der Waals surface area (Å²) in [6, 6.07) is 14.1. The zero-order chi connectivity index (χ0) is 20.8. The number of rotatable bonds is 8. The van der Waals surface area contributed by atoms with Gasteiger partial charge < -0.3 is 15.2 Å². The summed E-state index contributed by atoms with van der Waals surface area (Å²) in [7, 11) is 0. The maximum Gasteiger partial charge on any atom is 0.253 e. The number of amides is 2. The number of hydrogen-bond donors (Lipinski definition) is 2. The van der Waals surface area contributed by atoms with Gasteiger partial charge in [0.2, 0.25) is 5.91 Å². The lowest BCUT2D eigenvalue weighted by Crippen LogP contribution is -2.32. The van der Waals surface area contributed by atoms with Gasteiger partial charge in [-0.25, -0.2) is 4.98 Å². The van der Waals surface area contributed by atoms with Gasteiger partial charge in [-0.15, -0.1) is 0 Å². The van der Waals surface area contributed by atoms with E-state index in [1.807, 2.05) is 35.8 Å². The van der Waals surface area contributed by atoms with Gasteiger partial charge in [-0.1, -0.05) is 49.2 Å². The third-order valence-electron chi connectivity index (χ3n) is 4.69. The molecule has 6 nitrogen and oxygen atoms in total. The van der Waals surface area contributed by atoms with Crippen LogP contribution in [0.5, 0.6) is 0 Å². The normalized spacial score (nSPS) is 12.0. The third-order valence-corrected chi connectivity index (χ3v) is 5.02. The highest BCUT2D eigenvalue weighted by atomic mass is 35.5. The van der Waals surface area contributed by atoms with Gasteiger partial charge in [-0.3, -0.25) is 9.59 Å². The van der Waals surface area contributed by atoms with Gasteiger partial charge in [0.25, 0.3) is 5.91 Å². The predicted octanol–water partition coefficient (Wildman–Crippen LogP) is 4.10. The number of unbranched alkanes of at least 4 members (excludes halogenated alkanes) is 1. The number of fused-ring (bicyclic) bond motifs is 1. The van der Waals surface area contributed by atoms with Crippen LogP contribution >= 0.6 is 11.6 Å². The highest BCUT2D eigenvalue weighted by Gasteiger charge is 2.21. The molecule has 0 aliphatic rings. The van der Waals surface area contributed by atoms with Gasteiger partial charge >= 0.3 is 0 Å². The first kappa shape index (κ1) is 20.9. The fourth-order valence-electron chi connectivity index (χ4n) is 3.18. The molecule has 2 amide bonds. The van der Waals surface area contributed by atoms with Crippen molar-refractivity contribution in [3.8, 4) is 0 Å². The number of hydrogen-bond acceptors (Lipinski definition) is 3. The van der Waals surface area contributed by atoms with Crippen LogP contribution in [0.2, 0.25) is 5.02 Å². The zero-order valence-electron chi connectivity index (χ0n) is 16.6.